The smallest absolute Gasteiger partial charge is 0.469 e. The number of ether oxygens (including phenoxy) is 2. The third-order valence-electron chi connectivity index (χ3n) is 5.60. The van der Waals surface area contributed by atoms with Gasteiger partial charge in [-0.25, -0.2) is 4.79 Å². The Hall–Kier alpha value is -2.56. The van der Waals surface area contributed by atoms with E-state index in [4.69, 9.17) is 4.74 Å². The second-order valence-corrected chi connectivity index (χ2v) is 9.40. The van der Waals surface area contributed by atoms with Crippen molar-refractivity contribution in [2.24, 2.45) is 0 Å². The lowest BCUT2D eigenvalue weighted by atomic mass is 9.88. The van der Waals surface area contributed by atoms with Gasteiger partial charge in [0.1, 0.15) is 12.2 Å². The van der Waals surface area contributed by atoms with Crippen molar-refractivity contribution < 1.29 is 44.8 Å². The van der Waals surface area contributed by atoms with Gasteiger partial charge in [0.05, 0.1) is 7.11 Å². The van der Waals surface area contributed by atoms with Crippen molar-refractivity contribution in [3.63, 3.8) is 0 Å². The maximum absolute atomic E-state index is 13.1. The highest BCUT2D eigenvalue weighted by Crippen LogP contribution is 2.50. The SMILES string of the molecule is COC(=O)CC/C(C)=C/Cc1c(OS(=O)(=O)C(F)(F)F)c2c(c(C)c1C1CC1)COC2=O. The molecule has 0 atom stereocenters. The number of hydrogen-bond acceptors (Lipinski definition) is 7. The van der Waals surface area contributed by atoms with Gasteiger partial charge in [-0.1, -0.05) is 11.6 Å². The van der Waals surface area contributed by atoms with Crippen molar-refractivity contribution in [2.45, 2.75) is 64.0 Å². The van der Waals surface area contributed by atoms with Crippen LogP contribution in [0.25, 0.3) is 0 Å². The number of methoxy groups -OCH3 is 1. The molecule has 7 nitrogen and oxygen atoms in total. The highest BCUT2D eigenvalue weighted by molar-refractivity contribution is 7.88. The molecule has 0 bridgehead atoms. The van der Waals surface area contributed by atoms with Gasteiger partial charge in [0.25, 0.3) is 0 Å². The first-order valence-electron chi connectivity index (χ1n) is 9.95. The van der Waals surface area contributed by atoms with Crippen LogP contribution in [0.4, 0.5) is 13.2 Å². The zero-order valence-corrected chi connectivity index (χ0v) is 18.6. The van der Waals surface area contributed by atoms with Crippen LogP contribution in [0.3, 0.4) is 0 Å². The first kappa shape index (κ1) is 24.1. The van der Waals surface area contributed by atoms with Crippen LogP contribution in [-0.4, -0.2) is 33.0 Å². The highest BCUT2D eigenvalue weighted by Gasteiger charge is 2.50. The molecule has 176 valence electrons. The zero-order valence-electron chi connectivity index (χ0n) is 17.8. The molecule has 0 saturated heterocycles. The van der Waals surface area contributed by atoms with Crippen molar-refractivity contribution in [1.82, 2.24) is 0 Å². The van der Waals surface area contributed by atoms with Crippen LogP contribution < -0.4 is 4.18 Å². The van der Waals surface area contributed by atoms with E-state index in [9.17, 15) is 31.2 Å². The summed E-state index contributed by atoms with van der Waals surface area (Å²) in [5.41, 5.74) is -3.24. The van der Waals surface area contributed by atoms with Crippen LogP contribution in [0, 0.1) is 6.92 Å². The second-order valence-electron chi connectivity index (χ2n) is 7.86. The number of benzene rings is 1. The van der Waals surface area contributed by atoms with Crippen LogP contribution in [0.1, 0.15) is 71.1 Å². The van der Waals surface area contributed by atoms with Crippen LogP contribution in [0.15, 0.2) is 11.6 Å². The fourth-order valence-electron chi connectivity index (χ4n) is 3.75. The number of cyclic esters (lactones) is 1. The molecule has 3 rings (SSSR count). The molecule has 0 amide bonds. The zero-order chi connectivity index (χ0) is 23.8. The third kappa shape index (κ3) is 4.77. The number of carbonyl (C=O) groups is 2. The molecule has 1 heterocycles. The Balaban J connectivity index is 2.11. The first-order chi connectivity index (χ1) is 14.9. The standard InChI is InChI=1S/C21H23F3O7S/c1-11(5-9-16(25)29-3)4-8-14-17(13-6-7-13)12(2)15-10-30-20(26)18(15)19(14)31-32(27,28)21(22,23)24/h4,13H,5-10H2,1-3H3/b11-4+. The summed E-state index contributed by atoms with van der Waals surface area (Å²) in [4.78, 5) is 23.7. The van der Waals surface area contributed by atoms with E-state index < -0.39 is 33.3 Å². The lowest BCUT2D eigenvalue weighted by molar-refractivity contribution is -0.140. The van der Waals surface area contributed by atoms with Crippen LogP contribution in [0.2, 0.25) is 0 Å². The van der Waals surface area contributed by atoms with Crippen molar-refractivity contribution in [1.29, 1.82) is 0 Å². The molecule has 2 aliphatic rings. The Morgan fingerprint density at radius 1 is 1.25 bits per heavy atom. The number of allylic oxidation sites excluding steroid dienone is 2. The molecule has 0 unspecified atom stereocenters. The Kier molecular flexibility index (Phi) is 6.60. The molecule has 1 aromatic rings. The van der Waals surface area contributed by atoms with Gasteiger partial charge >= 0.3 is 27.6 Å². The number of alkyl halides is 3. The van der Waals surface area contributed by atoms with E-state index in [2.05, 4.69) is 8.92 Å². The summed E-state index contributed by atoms with van der Waals surface area (Å²) >= 11 is 0. The summed E-state index contributed by atoms with van der Waals surface area (Å²) in [6.07, 6.45) is 3.77. The lowest BCUT2D eigenvalue weighted by Gasteiger charge is -2.20. The molecule has 11 heteroatoms. The number of esters is 2. The van der Waals surface area contributed by atoms with Gasteiger partial charge in [-0.3, -0.25) is 4.79 Å². The Labute approximate surface area is 183 Å². The Bertz CT molecular complexity index is 1080. The molecule has 1 aromatic carbocycles. The monoisotopic (exact) mass is 476 g/mol. The van der Waals surface area contributed by atoms with E-state index in [1.807, 2.05) is 0 Å². The van der Waals surface area contributed by atoms with Crippen molar-refractivity contribution >= 4 is 22.1 Å². The normalized spacial score (nSPS) is 16.6. The molecule has 32 heavy (non-hydrogen) atoms. The number of rotatable bonds is 8. The average molecular weight is 476 g/mol. The van der Waals surface area contributed by atoms with Crippen LogP contribution in [-0.2, 0) is 37.4 Å². The van der Waals surface area contributed by atoms with Gasteiger partial charge in [0.2, 0.25) is 0 Å². The van der Waals surface area contributed by atoms with Gasteiger partial charge in [0.15, 0.2) is 5.75 Å². The predicted molar refractivity (Wildman–Crippen MR) is 107 cm³/mol. The molecule has 0 aromatic heterocycles. The van der Waals surface area contributed by atoms with Gasteiger partial charge in [0, 0.05) is 17.5 Å². The van der Waals surface area contributed by atoms with Crippen LogP contribution >= 0.6 is 0 Å². The van der Waals surface area contributed by atoms with E-state index in [0.29, 0.717) is 23.1 Å². The molecule has 1 saturated carbocycles. The second kappa shape index (κ2) is 8.76. The molecular formula is C21H23F3O7S. The molecule has 1 fully saturated rings. The summed E-state index contributed by atoms with van der Waals surface area (Å²) in [6.45, 7) is 3.32. The minimum Gasteiger partial charge on any atom is -0.469 e. The summed E-state index contributed by atoms with van der Waals surface area (Å²) in [5.74, 6) is -1.92. The van der Waals surface area contributed by atoms with E-state index in [-0.39, 0.29) is 36.5 Å². The van der Waals surface area contributed by atoms with Gasteiger partial charge < -0.3 is 13.7 Å². The van der Waals surface area contributed by atoms with E-state index in [1.54, 1.807) is 19.9 Å². The number of halogens is 3. The summed E-state index contributed by atoms with van der Waals surface area (Å²) in [7, 11) is -4.74. The molecule has 1 aliphatic carbocycles. The maximum atomic E-state index is 13.1. The Morgan fingerprint density at radius 2 is 1.91 bits per heavy atom. The van der Waals surface area contributed by atoms with Crippen molar-refractivity contribution in [3.8, 4) is 5.75 Å². The van der Waals surface area contributed by atoms with Gasteiger partial charge in [-0.15, -0.1) is 0 Å². The summed E-state index contributed by atoms with van der Waals surface area (Å²) in [5, 5.41) is 0. The lowest BCUT2D eigenvalue weighted by Crippen LogP contribution is -2.29. The molecule has 0 spiro atoms. The Morgan fingerprint density at radius 3 is 2.47 bits per heavy atom. The quantitative estimate of drug-likeness (QED) is 0.240. The molecule has 0 N–H and O–H groups in total. The minimum absolute atomic E-state index is 0.0307. The largest absolute Gasteiger partial charge is 0.534 e. The summed E-state index contributed by atoms with van der Waals surface area (Å²) in [6, 6.07) is 0. The van der Waals surface area contributed by atoms with Gasteiger partial charge in [-0.2, -0.15) is 21.6 Å². The fourth-order valence-corrected chi connectivity index (χ4v) is 4.25. The minimum atomic E-state index is -6.01. The maximum Gasteiger partial charge on any atom is 0.534 e. The third-order valence-corrected chi connectivity index (χ3v) is 6.56. The number of fused-ring (bicyclic) bond motifs is 1. The number of carbonyl (C=O) groups excluding carboxylic acids is 2. The first-order valence-corrected chi connectivity index (χ1v) is 11.4. The topological polar surface area (TPSA) is 96.0 Å². The molecule has 1 aliphatic heterocycles. The van der Waals surface area contributed by atoms with E-state index >= 15 is 0 Å². The number of hydrogen-bond donors (Lipinski definition) is 0. The van der Waals surface area contributed by atoms with Crippen LogP contribution in [0.5, 0.6) is 5.75 Å². The van der Waals surface area contributed by atoms with E-state index in [1.165, 1.54) is 7.11 Å². The molecule has 0 radical (unpaired) electrons. The highest BCUT2D eigenvalue weighted by atomic mass is 32.2. The molecular weight excluding hydrogens is 453 g/mol. The van der Waals surface area contributed by atoms with Crippen molar-refractivity contribution in [3.05, 3.63) is 39.5 Å². The summed E-state index contributed by atoms with van der Waals surface area (Å²) < 4.78 is 77.1. The average Bonchev–Trinajstić information content (AvgIpc) is 3.46. The fraction of sp³-hybridized carbons (Fsp3) is 0.524. The van der Waals surface area contributed by atoms with Crippen molar-refractivity contribution in [2.75, 3.05) is 7.11 Å². The van der Waals surface area contributed by atoms with E-state index in [0.717, 1.165) is 18.4 Å². The van der Waals surface area contributed by atoms with Gasteiger partial charge in [-0.05, 0) is 56.6 Å². The predicted octanol–water partition coefficient (Wildman–Crippen LogP) is 4.21.